The molecule has 0 bridgehead atoms. The summed E-state index contributed by atoms with van der Waals surface area (Å²) < 4.78 is 6.05. The highest BCUT2D eigenvalue weighted by molar-refractivity contribution is 5.91. The molecule has 0 atom stereocenters. The Balaban J connectivity index is 1.79. The molecule has 3 aromatic rings. The Hall–Kier alpha value is -2.53. The third kappa shape index (κ3) is 4.12. The van der Waals surface area contributed by atoms with Gasteiger partial charge in [-0.1, -0.05) is 26.0 Å². The molecule has 25 heavy (non-hydrogen) atoms. The van der Waals surface area contributed by atoms with Gasteiger partial charge in [0.1, 0.15) is 11.4 Å². The minimum absolute atomic E-state index is 0.0829. The van der Waals surface area contributed by atoms with Gasteiger partial charge in [0.25, 0.3) is 0 Å². The summed E-state index contributed by atoms with van der Waals surface area (Å²) in [6.45, 7) is 6.06. The Bertz CT molecular complexity index is 867. The van der Waals surface area contributed by atoms with E-state index in [9.17, 15) is 0 Å². The average Bonchev–Trinajstić information content (AvgIpc) is 2.93. The number of aromatic amines is 1. The first-order valence-electron chi connectivity index (χ1n) is 8.45. The maximum atomic E-state index is 6.05. The van der Waals surface area contributed by atoms with Crippen molar-refractivity contribution < 1.29 is 4.74 Å². The van der Waals surface area contributed by atoms with Crippen LogP contribution >= 0.6 is 0 Å². The number of aromatic nitrogens is 2. The van der Waals surface area contributed by atoms with Gasteiger partial charge in [0.2, 0.25) is 0 Å². The molecule has 3 rings (SSSR count). The summed E-state index contributed by atoms with van der Waals surface area (Å²) in [4.78, 5) is 9.69. The maximum absolute atomic E-state index is 6.05. The molecule has 0 fully saturated rings. The Kier molecular flexibility index (Phi) is 4.68. The highest BCUT2D eigenvalue weighted by Gasteiger charge is 2.20. The van der Waals surface area contributed by atoms with E-state index in [1.54, 1.807) is 6.20 Å². The van der Waals surface area contributed by atoms with E-state index in [0.717, 1.165) is 34.5 Å². The summed E-state index contributed by atoms with van der Waals surface area (Å²) in [5, 5.41) is 0.941. The van der Waals surface area contributed by atoms with E-state index >= 15 is 0 Å². The van der Waals surface area contributed by atoms with Crippen molar-refractivity contribution in [2.24, 2.45) is 5.41 Å². The minimum atomic E-state index is 0.0829. The van der Waals surface area contributed by atoms with Gasteiger partial charge < -0.3 is 20.4 Å². The molecule has 3 N–H and O–H groups in total. The Labute approximate surface area is 148 Å². The number of H-pyrrole nitrogens is 1. The smallest absolute Gasteiger partial charge is 0.139 e. The molecule has 0 amide bonds. The van der Waals surface area contributed by atoms with Crippen LogP contribution in [0.1, 0.15) is 13.8 Å². The van der Waals surface area contributed by atoms with Crippen molar-refractivity contribution in [1.82, 2.24) is 14.9 Å². The Morgan fingerprint density at radius 1 is 1.20 bits per heavy atom. The van der Waals surface area contributed by atoms with Crippen LogP contribution in [-0.2, 0) is 0 Å². The van der Waals surface area contributed by atoms with Crippen LogP contribution in [0.4, 0.5) is 5.69 Å². The SMILES string of the molecule is CN(C)CC(C)(C)COc1cccc(-c2cnc3[nH]cc(N)c3c2)c1. The van der Waals surface area contributed by atoms with Gasteiger partial charge in [-0.3, -0.25) is 0 Å². The molecule has 2 heterocycles. The lowest BCUT2D eigenvalue weighted by Crippen LogP contribution is -2.33. The summed E-state index contributed by atoms with van der Waals surface area (Å²) >= 11 is 0. The van der Waals surface area contributed by atoms with Crippen LogP contribution in [0, 0.1) is 5.41 Å². The first-order valence-corrected chi connectivity index (χ1v) is 8.45. The molecule has 0 radical (unpaired) electrons. The van der Waals surface area contributed by atoms with Crippen LogP contribution < -0.4 is 10.5 Å². The van der Waals surface area contributed by atoms with Crippen molar-refractivity contribution in [3.05, 3.63) is 42.7 Å². The highest BCUT2D eigenvalue weighted by atomic mass is 16.5. The number of benzene rings is 1. The molecule has 0 aliphatic rings. The molecule has 1 aromatic carbocycles. The average molecular weight is 338 g/mol. The molecule has 0 saturated heterocycles. The lowest BCUT2D eigenvalue weighted by Gasteiger charge is -2.28. The second-order valence-electron chi connectivity index (χ2n) is 7.58. The van der Waals surface area contributed by atoms with Crippen LogP contribution in [0.2, 0.25) is 0 Å². The Morgan fingerprint density at radius 3 is 2.76 bits per heavy atom. The highest BCUT2D eigenvalue weighted by Crippen LogP contribution is 2.28. The zero-order valence-corrected chi connectivity index (χ0v) is 15.3. The summed E-state index contributed by atoms with van der Waals surface area (Å²) in [6.07, 6.45) is 3.63. The summed E-state index contributed by atoms with van der Waals surface area (Å²) in [5.74, 6) is 0.867. The topological polar surface area (TPSA) is 67.2 Å². The van der Waals surface area contributed by atoms with Crippen LogP contribution in [0.3, 0.4) is 0 Å². The molecule has 0 spiro atoms. The van der Waals surface area contributed by atoms with Gasteiger partial charge >= 0.3 is 0 Å². The number of nitrogens with two attached hydrogens (primary N) is 1. The van der Waals surface area contributed by atoms with E-state index in [1.165, 1.54) is 0 Å². The fourth-order valence-corrected chi connectivity index (χ4v) is 3.13. The lowest BCUT2D eigenvalue weighted by atomic mass is 9.94. The van der Waals surface area contributed by atoms with Crippen LogP contribution in [0.5, 0.6) is 5.75 Å². The number of fused-ring (bicyclic) bond motifs is 1. The third-order valence-electron chi connectivity index (χ3n) is 4.10. The summed E-state index contributed by atoms with van der Waals surface area (Å²) in [6, 6.07) is 10.2. The van der Waals surface area contributed by atoms with Crippen molar-refractivity contribution >= 4 is 16.7 Å². The van der Waals surface area contributed by atoms with Crippen LogP contribution in [0.15, 0.2) is 42.7 Å². The molecule has 2 aromatic heterocycles. The number of nitrogen functional groups attached to an aromatic ring is 1. The number of pyridine rings is 1. The van der Waals surface area contributed by atoms with Gasteiger partial charge in [0.15, 0.2) is 0 Å². The quantitative estimate of drug-likeness (QED) is 0.718. The van der Waals surface area contributed by atoms with Gasteiger partial charge in [0, 0.05) is 35.3 Å². The van der Waals surface area contributed by atoms with Gasteiger partial charge in [-0.15, -0.1) is 0 Å². The molecule has 5 heteroatoms. The van der Waals surface area contributed by atoms with Gasteiger partial charge in [-0.05, 0) is 37.9 Å². The zero-order chi connectivity index (χ0) is 18.0. The van der Waals surface area contributed by atoms with Crippen molar-refractivity contribution in [3.63, 3.8) is 0 Å². The van der Waals surface area contributed by atoms with Crippen molar-refractivity contribution in [2.75, 3.05) is 33.0 Å². The largest absolute Gasteiger partial charge is 0.493 e. The summed E-state index contributed by atoms with van der Waals surface area (Å²) in [7, 11) is 4.16. The van der Waals surface area contributed by atoms with Crippen molar-refractivity contribution in [2.45, 2.75) is 13.8 Å². The first kappa shape index (κ1) is 17.3. The maximum Gasteiger partial charge on any atom is 0.139 e. The lowest BCUT2D eigenvalue weighted by molar-refractivity contribution is 0.141. The minimum Gasteiger partial charge on any atom is -0.493 e. The predicted octanol–water partition coefficient (Wildman–Crippen LogP) is 3.78. The molecule has 132 valence electrons. The van der Waals surface area contributed by atoms with Gasteiger partial charge in [-0.25, -0.2) is 4.98 Å². The van der Waals surface area contributed by atoms with Gasteiger partial charge in [0.05, 0.1) is 12.3 Å². The van der Waals surface area contributed by atoms with Crippen LogP contribution in [0.25, 0.3) is 22.2 Å². The van der Waals surface area contributed by atoms with E-state index in [0.29, 0.717) is 12.3 Å². The standard InChI is InChI=1S/C20H26N4O/c1-20(2,12-24(3)4)13-25-16-7-5-6-14(8-16)15-9-17-18(21)11-23-19(17)22-10-15/h5-11H,12-13,21H2,1-4H3,(H,22,23). The van der Waals surface area contributed by atoms with Crippen molar-refractivity contribution in [1.29, 1.82) is 0 Å². The molecule has 5 nitrogen and oxygen atoms in total. The van der Waals surface area contributed by atoms with E-state index in [-0.39, 0.29) is 5.41 Å². The third-order valence-corrected chi connectivity index (χ3v) is 4.10. The number of nitrogens with zero attached hydrogens (tertiary/aromatic N) is 2. The monoisotopic (exact) mass is 338 g/mol. The molecule has 0 saturated carbocycles. The fourth-order valence-electron chi connectivity index (χ4n) is 3.13. The Morgan fingerprint density at radius 2 is 2.00 bits per heavy atom. The first-order chi connectivity index (χ1) is 11.8. The van der Waals surface area contributed by atoms with Gasteiger partial charge in [-0.2, -0.15) is 0 Å². The second kappa shape index (κ2) is 6.76. The summed E-state index contributed by atoms with van der Waals surface area (Å²) in [5.41, 5.74) is 9.68. The molecule has 0 unspecified atom stereocenters. The number of anilines is 1. The molecular weight excluding hydrogens is 312 g/mol. The normalized spacial score (nSPS) is 12.0. The fraction of sp³-hybridized carbons (Fsp3) is 0.350. The zero-order valence-electron chi connectivity index (χ0n) is 15.3. The van der Waals surface area contributed by atoms with E-state index in [4.69, 9.17) is 10.5 Å². The number of hydrogen-bond acceptors (Lipinski definition) is 4. The number of hydrogen-bond donors (Lipinski definition) is 2. The van der Waals surface area contributed by atoms with E-state index < -0.39 is 0 Å². The number of ether oxygens (including phenoxy) is 1. The van der Waals surface area contributed by atoms with E-state index in [1.807, 2.05) is 18.3 Å². The molecule has 0 aliphatic heterocycles. The molecular formula is C20H26N4O. The number of rotatable bonds is 6. The van der Waals surface area contributed by atoms with E-state index in [2.05, 4.69) is 61.0 Å². The predicted molar refractivity (Wildman–Crippen MR) is 104 cm³/mol. The second-order valence-corrected chi connectivity index (χ2v) is 7.58. The molecule has 0 aliphatic carbocycles. The van der Waals surface area contributed by atoms with Crippen LogP contribution in [-0.4, -0.2) is 42.1 Å². The number of nitrogens with one attached hydrogen (secondary N) is 1. The van der Waals surface area contributed by atoms with Crippen molar-refractivity contribution in [3.8, 4) is 16.9 Å².